The Morgan fingerprint density at radius 2 is 2.25 bits per heavy atom. The summed E-state index contributed by atoms with van der Waals surface area (Å²) in [4.78, 5) is 20.2. The van der Waals surface area contributed by atoms with Crippen molar-refractivity contribution in [3.05, 3.63) is 35.2 Å². The maximum absolute atomic E-state index is 4.52. The molecule has 0 saturated heterocycles. The quantitative estimate of drug-likeness (QED) is 0.514. The molecule has 5 rings (SSSR count). The van der Waals surface area contributed by atoms with Crippen molar-refractivity contribution < 1.29 is 0 Å². The second-order valence-electron chi connectivity index (χ2n) is 6.07. The lowest BCUT2D eigenvalue weighted by Gasteiger charge is -2.17. The van der Waals surface area contributed by atoms with E-state index < -0.39 is 0 Å². The lowest BCUT2D eigenvalue weighted by Crippen LogP contribution is -2.08. The number of fused-ring (bicyclic) bond motifs is 4. The minimum Gasteiger partial charge on any atom is -0.229 e. The highest BCUT2D eigenvalue weighted by Crippen LogP contribution is 2.41. The molecule has 1 unspecified atom stereocenters. The molecule has 4 aromatic heterocycles. The summed E-state index contributed by atoms with van der Waals surface area (Å²) >= 11 is 3.30. The molecule has 1 aliphatic rings. The Labute approximate surface area is 146 Å². The van der Waals surface area contributed by atoms with Crippen molar-refractivity contribution in [2.75, 3.05) is 0 Å². The monoisotopic (exact) mass is 354 g/mol. The predicted octanol–water partition coefficient (Wildman–Crippen LogP) is 3.41. The number of hydrogen-bond donors (Lipinski definition) is 0. The molecule has 4 heterocycles. The van der Waals surface area contributed by atoms with Gasteiger partial charge in [-0.2, -0.15) is 4.98 Å². The van der Waals surface area contributed by atoms with Gasteiger partial charge in [0.2, 0.25) is 5.16 Å². The molecular weight excluding hydrogens is 340 g/mol. The number of aryl methyl sites for hydroxylation is 1. The van der Waals surface area contributed by atoms with Gasteiger partial charge >= 0.3 is 0 Å². The van der Waals surface area contributed by atoms with E-state index >= 15 is 0 Å². The van der Waals surface area contributed by atoms with E-state index in [1.807, 2.05) is 23.6 Å². The summed E-state index contributed by atoms with van der Waals surface area (Å²) in [6.45, 7) is 2.32. The van der Waals surface area contributed by atoms with Crippen LogP contribution in [0, 0.1) is 5.92 Å². The van der Waals surface area contributed by atoms with Crippen LogP contribution >= 0.6 is 23.1 Å². The third-order valence-corrected chi connectivity index (χ3v) is 6.36. The smallest absolute Gasteiger partial charge is 0.229 e. The number of nitrogens with zero attached hydrogens (tertiary/aromatic N) is 6. The molecule has 0 aliphatic heterocycles. The fraction of sp³-hybridized carbons (Fsp3) is 0.312. The van der Waals surface area contributed by atoms with Crippen LogP contribution < -0.4 is 0 Å². The van der Waals surface area contributed by atoms with Crippen molar-refractivity contribution in [3.63, 3.8) is 0 Å². The number of thiophene rings is 1. The largest absolute Gasteiger partial charge is 0.253 e. The summed E-state index contributed by atoms with van der Waals surface area (Å²) in [6, 6.07) is 1.84. The lowest BCUT2D eigenvalue weighted by molar-refractivity contribution is 0.509. The molecule has 120 valence electrons. The standard InChI is InChI=1S/C16H14N6S2/c1-9-3-4-10-11(7-9)23-13-12(10)14(19-8-18-13)24-16-20-15-17-5-2-6-22(15)21-16/h2,5-6,8-9H,3-4,7H2,1H3. The van der Waals surface area contributed by atoms with E-state index in [0.717, 1.165) is 28.6 Å². The second-order valence-corrected chi connectivity index (χ2v) is 8.11. The van der Waals surface area contributed by atoms with E-state index in [0.29, 0.717) is 10.9 Å². The molecule has 0 bridgehead atoms. The Hall–Kier alpha value is -2.06. The second kappa shape index (κ2) is 5.49. The van der Waals surface area contributed by atoms with Gasteiger partial charge in [-0.15, -0.1) is 16.4 Å². The summed E-state index contributed by atoms with van der Waals surface area (Å²) in [5.41, 5.74) is 1.43. The highest BCUT2D eigenvalue weighted by molar-refractivity contribution is 7.99. The van der Waals surface area contributed by atoms with E-state index in [1.54, 1.807) is 17.0 Å². The van der Waals surface area contributed by atoms with Crippen molar-refractivity contribution >= 4 is 39.1 Å². The first-order valence-corrected chi connectivity index (χ1v) is 9.52. The summed E-state index contributed by atoms with van der Waals surface area (Å²) in [7, 11) is 0. The third-order valence-electron chi connectivity index (χ3n) is 4.34. The third kappa shape index (κ3) is 2.29. The summed E-state index contributed by atoms with van der Waals surface area (Å²) in [6.07, 6.45) is 8.70. The highest BCUT2D eigenvalue weighted by Gasteiger charge is 2.23. The minimum atomic E-state index is 0.603. The average molecular weight is 354 g/mol. The first-order chi connectivity index (χ1) is 11.8. The fourth-order valence-corrected chi connectivity index (χ4v) is 5.43. The van der Waals surface area contributed by atoms with Crippen LogP contribution in [0.4, 0.5) is 0 Å². The van der Waals surface area contributed by atoms with Gasteiger partial charge in [-0.1, -0.05) is 6.92 Å². The molecule has 1 aliphatic carbocycles. The molecule has 0 spiro atoms. The Morgan fingerprint density at radius 1 is 1.29 bits per heavy atom. The summed E-state index contributed by atoms with van der Waals surface area (Å²) < 4.78 is 1.69. The van der Waals surface area contributed by atoms with E-state index in [1.165, 1.54) is 34.0 Å². The van der Waals surface area contributed by atoms with Gasteiger partial charge in [0.15, 0.2) is 0 Å². The Balaban J connectivity index is 1.61. The molecule has 1 atom stereocenters. The van der Waals surface area contributed by atoms with E-state index in [-0.39, 0.29) is 0 Å². The van der Waals surface area contributed by atoms with Crippen LogP contribution in [-0.4, -0.2) is 29.5 Å². The van der Waals surface area contributed by atoms with Crippen molar-refractivity contribution in [3.8, 4) is 0 Å². The molecule has 0 aromatic carbocycles. The predicted molar refractivity (Wildman–Crippen MR) is 93.5 cm³/mol. The van der Waals surface area contributed by atoms with Crippen LogP contribution in [0.3, 0.4) is 0 Å². The van der Waals surface area contributed by atoms with Gasteiger partial charge < -0.3 is 0 Å². The number of rotatable bonds is 2. The van der Waals surface area contributed by atoms with Crippen LogP contribution in [0.5, 0.6) is 0 Å². The van der Waals surface area contributed by atoms with Gasteiger partial charge in [0.05, 0.1) is 0 Å². The van der Waals surface area contributed by atoms with Crippen LogP contribution in [0.25, 0.3) is 16.0 Å². The van der Waals surface area contributed by atoms with E-state index in [2.05, 4.69) is 32.0 Å². The molecule has 0 saturated carbocycles. The van der Waals surface area contributed by atoms with Crippen LogP contribution in [0.1, 0.15) is 23.8 Å². The van der Waals surface area contributed by atoms with Crippen molar-refractivity contribution in [2.24, 2.45) is 5.92 Å². The molecule has 0 fully saturated rings. The summed E-state index contributed by atoms with van der Waals surface area (Å²) in [5.74, 6) is 1.35. The first-order valence-electron chi connectivity index (χ1n) is 7.88. The van der Waals surface area contributed by atoms with Gasteiger partial charge in [0.1, 0.15) is 16.2 Å². The summed E-state index contributed by atoms with van der Waals surface area (Å²) in [5, 5.41) is 7.28. The van der Waals surface area contributed by atoms with E-state index in [4.69, 9.17) is 0 Å². The Morgan fingerprint density at radius 3 is 3.17 bits per heavy atom. The number of hydrogen-bond acceptors (Lipinski definition) is 7. The average Bonchev–Trinajstić information content (AvgIpc) is 3.14. The van der Waals surface area contributed by atoms with E-state index in [9.17, 15) is 0 Å². The van der Waals surface area contributed by atoms with Crippen LogP contribution in [0.2, 0.25) is 0 Å². The highest BCUT2D eigenvalue weighted by atomic mass is 32.2. The molecular formula is C16H14N6S2. The molecule has 24 heavy (non-hydrogen) atoms. The molecule has 4 aromatic rings. The Kier molecular flexibility index (Phi) is 3.27. The molecule has 0 radical (unpaired) electrons. The maximum Gasteiger partial charge on any atom is 0.253 e. The number of aromatic nitrogens is 6. The maximum atomic E-state index is 4.52. The first kappa shape index (κ1) is 14.3. The SMILES string of the molecule is CC1CCc2c(sc3ncnc(Sc4nc5ncccn5n4)c23)C1. The molecule has 0 N–H and O–H groups in total. The van der Waals surface area contributed by atoms with Crippen molar-refractivity contribution in [1.82, 2.24) is 29.5 Å². The fourth-order valence-electron chi connectivity index (χ4n) is 3.17. The normalized spacial score (nSPS) is 17.5. The van der Waals surface area contributed by atoms with Gasteiger partial charge in [-0.25, -0.2) is 19.5 Å². The molecule has 6 nitrogen and oxygen atoms in total. The topological polar surface area (TPSA) is 68.9 Å². The van der Waals surface area contributed by atoms with Gasteiger partial charge in [-0.05, 0) is 48.6 Å². The van der Waals surface area contributed by atoms with Crippen molar-refractivity contribution in [1.29, 1.82) is 0 Å². The van der Waals surface area contributed by atoms with Gasteiger partial charge in [0.25, 0.3) is 5.78 Å². The lowest BCUT2D eigenvalue weighted by atomic mass is 9.89. The molecule has 8 heteroatoms. The van der Waals surface area contributed by atoms with Crippen LogP contribution in [0.15, 0.2) is 35.0 Å². The minimum absolute atomic E-state index is 0.603. The zero-order chi connectivity index (χ0) is 16.1. The zero-order valence-electron chi connectivity index (χ0n) is 13.0. The van der Waals surface area contributed by atoms with Gasteiger partial charge in [-0.3, -0.25) is 0 Å². The zero-order valence-corrected chi connectivity index (χ0v) is 14.6. The Bertz CT molecular complexity index is 1020. The van der Waals surface area contributed by atoms with Crippen molar-refractivity contribution in [2.45, 2.75) is 36.4 Å². The molecule has 0 amide bonds. The van der Waals surface area contributed by atoms with Gasteiger partial charge in [0, 0.05) is 22.7 Å². The van der Waals surface area contributed by atoms with Crippen LogP contribution in [-0.2, 0) is 12.8 Å².